The molecule has 1 heterocycles. The molecular weight excluding hydrogens is 253 g/mol. The maximum absolute atomic E-state index is 6.07. The largest absolute Gasteiger partial charge is 0.377 e. The van der Waals surface area contributed by atoms with Crippen LogP contribution in [0.2, 0.25) is 8.67 Å². The first-order valence-electron chi connectivity index (χ1n) is 4.78. The normalized spacial score (nSPS) is 13.5. The van der Waals surface area contributed by atoms with Crippen LogP contribution in [-0.2, 0) is 4.74 Å². The summed E-state index contributed by atoms with van der Waals surface area (Å²) < 4.78 is 6.99. The summed E-state index contributed by atoms with van der Waals surface area (Å²) >= 11 is 13.3. The van der Waals surface area contributed by atoms with Gasteiger partial charge in [-0.3, -0.25) is 0 Å². The van der Waals surface area contributed by atoms with E-state index in [0.29, 0.717) is 10.9 Å². The SMILES string of the molecule is CNC(COC(C)C)c1cc(Cl)sc1Cl. The van der Waals surface area contributed by atoms with Crippen LogP contribution in [0.4, 0.5) is 0 Å². The van der Waals surface area contributed by atoms with E-state index >= 15 is 0 Å². The van der Waals surface area contributed by atoms with Crippen molar-refractivity contribution in [3.8, 4) is 0 Å². The molecule has 0 spiro atoms. The molecule has 1 rings (SSSR count). The Kier molecular flexibility index (Phi) is 5.36. The lowest BCUT2D eigenvalue weighted by Crippen LogP contribution is -2.23. The van der Waals surface area contributed by atoms with Crippen LogP contribution < -0.4 is 5.32 Å². The Bertz CT molecular complexity index is 314. The Morgan fingerprint density at radius 3 is 2.53 bits per heavy atom. The van der Waals surface area contributed by atoms with Crippen molar-refractivity contribution >= 4 is 34.5 Å². The van der Waals surface area contributed by atoms with E-state index in [1.54, 1.807) is 0 Å². The van der Waals surface area contributed by atoms with Gasteiger partial charge in [0.1, 0.15) is 0 Å². The highest BCUT2D eigenvalue weighted by Crippen LogP contribution is 2.35. The van der Waals surface area contributed by atoms with Crippen molar-refractivity contribution in [3.05, 3.63) is 20.3 Å². The zero-order chi connectivity index (χ0) is 11.4. The van der Waals surface area contributed by atoms with Gasteiger partial charge in [-0.1, -0.05) is 23.2 Å². The summed E-state index contributed by atoms with van der Waals surface area (Å²) in [6.45, 7) is 4.62. The van der Waals surface area contributed by atoms with Gasteiger partial charge in [0.05, 0.1) is 27.4 Å². The molecule has 0 aliphatic heterocycles. The van der Waals surface area contributed by atoms with Gasteiger partial charge in [0.2, 0.25) is 0 Å². The van der Waals surface area contributed by atoms with E-state index in [4.69, 9.17) is 27.9 Å². The lowest BCUT2D eigenvalue weighted by atomic mass is 10.1. The van der Waals surface area contributed by atoms with Crippen molar-refractivity contribution in [3.63, 3.8) is 0 Å². The third-order valence-electron chi connectivity index (χ3n) is 2.00. The van der Waals surface area contributed by atoms with Gasteiger partial charge in [-0.25, -0.2) is 0 Å². The van der Waals surface area contributed by atoms with Crippen LogP contribution in [0.15, 0.2) is 6.07 Å². The molecule has 86 valence electrons. The minimum Gasteiger partial charge on any atom is -0.377 e. The van der Waals surface area contributed by atoms with E-state index in [0.717, 1.165) is 9.90 Å². The first-order chi connectivity index (χ1) is 7.04. The van der Waals surface area contributed by atoms with Gasteiger partial charge < -0.3 is 10.1 Å². The van der Waals surface area contributed by atoms with Crippen molar-refractivity contribution < 1.29 is 4.74 Å². The van der Waals surface area contributed by atoms with Crippen LogP contribution in [0.1, 0.15) is 25.5 Å². The summed E-state index contributed by atoms with van der Waals surface area (Å²) in [5.74, 6) is 0. The Morgan fingerprint density at radius 1 is 1.47 bits per heavy atom. The van der Waals surface area contributed by atoms with Crippen molar-refractivity contribution in [2.75, 3.05) is 13.7 Å². The summed E-state index contributed by atoms with van der Waals surface area (Å²) in [6.07, 6.45) is 0.216. The molecule has 0 radical (unpaired) electrons. The minimum atomic E-state index is 0.101. The molecule has 1 aromatic heterocycles. The number of ether oxygens (including phenoxy) is 1. The summed E-state index contributed by atoms with van der Waals surface area (Å²) in [4.78, 5) is 0. The number of hydrogen-bond acceptors (Lipinski definition) is 3. The molecule has 0 saturated carbocycles. The Balaban J connectivity index is 2.69. The number of thiophene rings is 1. The van der Waals surface area contributed by atoms with Crippen LogP contribution in [0.25, 0.3) is 0 Å². The van der Waals surface area contributed by atoms with Gasteiger partial charge in [0.15, 0.2) is 0 Å². The van der Waals surface area contributed by atoms with E-state index in [1.165, 1.54) is 11.3 Å². The molecule has 1 unspecified atom stereocenters. The lowest BCUT2D eigenvalue weighted by molar-refractivity contribution is 0.0627. The van der Waals surface area contributed by atoms with E-state index in [9.17, 15) is 0 Å². The van der Waals surface area contributed by atoms with Gasteiger partial charge in [-0.05, 0) is 27.0 Å². The maximum Gasteiger partial charge on any atom is 0.0992 e. The standard InChI is InChI=1S/C10H15Cl2NOS/c1-6(2)14-5-8(13-3)7-4-9(11)15-10(7)12/h4,6,8,13H,5H2,1-3H3. The van der Waals surface area contributed by atoms with Gasteiger partial charge in [0.25, 0.3) is 0 Å². The second-order valence-electron chi connectivity index (χ2n) is 3.50. The molecule has 0 aromatic carbocycles. The highest BCUT2D eigenvalue weighted by Gasteiger charge is 2.16. The molecule has 2 nitrogen and oxygen atoms in total. The predicted octanol–water partition coefficient (Wildman–Crippen LogP) is 3.74. The molecule has 0 aliphatic rings. The monoisotopic (exact) mass is 267 g/mol. The third kappa shape index (κ3) is 3.93. The van der Waals surface area contributed by atoms with Crippen LogP contribution in [0.3, 0.4) is 0 Å². The van der Waals surface area contributed by atoms with E-state index in [1.807, 2.05) is 27.0 Å². The molecule has 1 N–H and O–H groups in total. The molecule has 0 amide bonds. The van der Waals surface area contributed by atoms with Gasteiger partial charge >= 0.3 is 0 Å². The second-order valence-corrected chi connectivity index (χ2v) is 5.79. The van der Waals surface area contributed by atoms with Crippen molar-refractivity contribution in [1.82, 2.24) is 5.32 Å². The molecule has 0 saturated heterocycles. The zero-order valence-corrected chi connectivity index (χ0v) is 11.3. The van der Waals surface area contributed by atoms with Gasteiger partial charge in [-0.2, -0.15) is 0 Å². The van der Waals surface area contributed by atoms with Crippen LogP contribution in [0, 0.1) is 0 Å². The molecular formula is C10H15Cl2NOS. The van der Waals surface area contributed by atoms with E-state index < -0.39 is 0 Å². The fourth-order valence-electron chi connectivity index (χ4n) is 1.21. The third-order valence-corrected chi connectivity index (χ3v) is 3.52. The quantitative estimate of drug-likeness (QED) is 0.878. The fourth-order valence-corrected chi connectivity index (χ4v) is 2.79. The van der Waals surface area contributed by atoms with Crippen molar-refractivity contribution in [2.24, 2.45) is 0 Å². The average Bonchev–Trinajstić information content (AvgIpc) is 2.46. The van der Waals surface area contributed by atoms with Gasteiger partial charge in [-0.15, -0.1) is 11.3 Å². The lowest BCUT2D eigenvalue weighted by Gasteiger charge is -2.17. The highest BCUT2D eigenvalue weighted by molar-refractivity contribution is 7.20. The Morgan fingerprint density at radius 2 is 2.13 bits per heavy atom. The van der Waals surface area contributed by atoms with Crippen molar-refractivity contribution in [1.29, 1.82) is 0 Å². The van der Waals surface area contributed by atoms with Crippen LogP contribution >= 0.6 is 34.5 Å². The highest BCUT2D eigenvalue weighted by atomic mass is 35.5. The first-order valence-corrected chi connectivity index (χ1v) is 6.35. The summed E-state index contributed by atoms with van der Waals surface area (Å²) in [5.41, 5.74) is 1.01. The topological polar surface area (TPSA) is 21.3 Å². The zero-order valence-electron chi connectivity index (χ0n) is 9.01. The summed E-state index contributed by atoms with van der Waals surface area (Å²) in [5, 5.41) is 3.17. The molecule has 0 bridgehead atoms. The average molecular weight is 268 g/mol. The van der Waals surface area contributed by atoms with Gasteiger partial charge in [0, 0.05) is 5.56 Å². The summed E-state index contributed by atoms with van der Waals surface area (Å²) in [7, 11) is 1.89. The molecule has 15 heavy (non-hydrogen) atoms. The molecule has 5 heteroatoms. The number of nitrogens with one attached hydrogen (secondary N) is 1. The Labute approximate surface area is 105 Å². The Hall–Kier alpha value is 0.200. The van der Waals surface area contributed by atoms with E-state index in [2.05, 4.69) is 5.32 Å². The molecule has 1 atom stereocenters. The molecule has 0 aliphatic carbocycles. The van der Waals surface area contributed by atoms with Crippen molar-refractivity contribution in [2.45, 2.75) is 26.0 Å². The minimum absolute atomic E-state index is 0.101. The second kappa shape index (κ2) is 6.06. The number of halogens is 2. The molecule has 1 aromatic rings. The van der Waals surface area contributed by atoms with Crippen LogP contribution in [0.5, 0.6) is 0 Å². The predicted molar refractivity (Wildman–Crippen MR) is 67.2 cm³/mol. The smallest absolute Gasteiger partial charge is 0.0992 e. The maximum atomic E-state index is 6.07. The van der Waals surface area contributed by atoms with Crippen LogP contribution in [-0.4, -0.2) is 19.8 Å². The van der Waals surface area contributed by atoms with E-state index in [-0.39, 0.29) is 12.1 Å². The molecule has 0 fully saturated rings. The fraction of sp³-hybridized carbons (Fsp3) is 0.600. The summed E-state index contributed by atoms with van der Waals surface area (Å²) in [6, 6.07) is 1.99. The number of rotatable bonds is 5. The first kappa shape index (κ1) is 13.3. The number of hydrogen-bond donors (Lipinski definition) is 1. The number of likely N-dealkylation sites (N-methyl/N-ethyl adjacent to an activating group) is 1.